The van der Waals surface area contributed by atoms with Crippen LogP contribution in [0, 0.1) is 24.2 Å². The third kappa shape index (κ3) is 5.02. The van der Waals surface area contributed by atoms with Crippen molar-refractivity contribution in [2.75, 3.05) is 31.1 Å². The van der Waals surface area contributed by atoms with Gasteiger partial charge in [0.15, 0.2) is 11.5 Å². The quantitative estimate of drug-likeness (QED) is 0.739. The Kier molecular flexibility index (Phi) is 6.67. The van der Waals surface area contributed by atoms with Crippen LogP contribution in [0.2, 0.25) is 0 Å². The summed E-state index contributed by atoms with van der Waals surface area (Å²) < 4.78 is 33.9. The smallest absolute Gasteiger partial charge is 0.244 e. The minimum absolute atomic E-state index is 0.176. The number of sulfonamides is 1. The SMILES string of the molecule is CCOc1ccc(C)cc1S(=O)(=O)NCC1CCN(c2nccnc2C#N)CC1. The van der Waals surface area contributed by atoms with Crippen LogP contribution in [-0.4, -0.2) is 44.6 Å². The Morgan fingerprint density at radius 1 is 1.28 bits per heavy atom. The molecule has 2 heterocycles. The number of piperidine rings is 1. The molecule has 1 aliphatic rings. The highest BCUT2D eigenvalue weighted by Gasteiger charge is 2.25. The van der Waals surface area contributed by atoms with Gasteiger partial charge in [0, 0.05) is 32.0 Å². The van der Waals surface area contributed by atoms with E-state index in [4.69, 9.17) is 4.74 Å². The van der Waals surface area contributed by atoms with Gasteiger partial charge in [0.25, 0.3) is 0 Å². The van der Waals surface area contributed by atoms with Crippen LogP contribution >= 0.6 is 0 Å². The fourth-order valence-corrected chi connectivity index (χ4v) is 4.74. The summed E-state index contributed by atoms with van der Waals surface area (Å²) in [5, 5.41) is 9.20. The summed E-state index contributed by atoms with van der Waals surface area (Å²) in [5.41, 5.74) is 1.17. The van der Waals surface area contributed by atoms with Crippen molar-refractivity contribution in [2.24, 2.45) is 5.92 Å². The monoisotopic (exact) mass is 415 g/mol. The first kappa shape index (κ1) is 21.0. The minimum Gasteiger partial charge on any atom is -0.492 e. The molecule has 0 bridgehead atoms. The van der Waals surface area contributed by atoms with E-state index in [2.05, 4.69) is 20.8 Å². The van der Waals surface area contributed by atoms with Gasteiger partial charge in [-0.1, -0.05) is 6.07 Å². The van der Waals surface area contributed by atoms with E-state index in [1.807, 2.05) is 24.8 Å². The highest BCUT2D eigenvalue weighted by Crippen LogP contribution is 2.26. The summed E-state index contributed by atoms with van der Waals surface area (Å²) in [6.45, 7) is 5.85. The van der Waals surface area contributed by atoms with E-state index in [9.17, 15) is 13.7 Å². The van der Waals surface area contributed by atoms with Crippen molar-refractivity contribution in [1.29, 1.82) is 5.26 Å². The Hall–Kier alpha value is -2.70. The van der Waals surface area contributed by atoms with Crippen molar-refractivity contribution in [3.8, 4) is 11.8 Å². The van der Waals surface area contributed by atoms with Gasteiger partial charge in [-0.3, -0.25) is 0 Å². The second kappa shape index (κ2) is 9.20. The van der Waals surface area contributed by atoms with E-state index in [1.165, 1.54) is 6.20 Å². The molecule has 0 spiro atoms. The lowest BCUT2D eigenvalue weighted by Crippen LogP contribution is -2.39. The van der Waals surface area contributed by atoms with E-state index in [-0.39, 0.29) is 10.8 Å². The molecule has 1 aromatic heterocycles. The van der Waals surface area contributed by atoms with Crippen molar-refractivity contribution in [1.82, 2.24) is 14.7 Å². The number of anilines is 1. The summed E-state index contributed by atoms with van der Waals surface area (Å²) >= 11 is 0. The summed E-state index contributed by atoms with van der Waals surface area (Å²) in [4.78, 5) is 10.5. The van der Waals surface area contributed by atoms with Crippen LogP contribution < -0.4 is 14.4 Å². The topological polar surface area (TPSA) is 108 Å². The molecule has 1 N–H and O–H groups in total. The summed E-state index contributed by atoms with van der Waals surface area (Å²) in [6.07, 6.45) is 4.69. The van der Waals surface area contributed by atoms with E-state index in [1.54, 1.807) is 18.3 Å². The number of ether oxygens (including phenoxy) is 1. The van der Waals surface area contributed by atoms with Crippen LogP contribution in [-0.2, 0) is 10.0 Å². The molecular formula is C20H25N5O3S. The molecule has 0 aliphatic carbocycles. The zero-order valence-electron chi connectivity index (χ0n) is 16.6. The largest absolute Gasteiger partial charge is 0.492 e. The lowest BCUT2D eigenvalue weighted by molar-refractivity contribution is 0.330. The maximum Gasteiger partial charge on any atom is 0.244 e. The third-order valence-electron chi connectivity index (χ3n) is 4.95. The molecule has 154 valence electrons. The fourth-order valence-electron chi connectivity index (χ4n) is 3.40. The molecule has 0 radical (unpaired) electrons. The van der Waals surface area contributed by atoms with Gasteiger partial charge in [0.05, 0.1) is 6.61 Å². The first-order valence-electron chi connectivity index (χ1n) is 9.63. The highest BCUT2D eigenvalue weighted by molar-refractivity contribution is 7.89. The molecule has 2 aromatic rings. The third-order valence-corrected chi connectivity index (χ3v) is 6.39. The number of nitrogens with zero attached hydrogens (tertiary/aromatic N) is 4. The van der Waals surface area contributed by atoms with Crippen LogP contribution in [0.25, 0.3) is 0 Å². The Morgan fingerprint density at radius 2 is 2.00 bits per heavy atom. The molecule has 1 aliphatic heterocycles. The van der Waals surface area contributed by atoms with Gasteiger partial charge in [-0.2, -0.15) is 5.26 Å². The second-order valence-electron chi connectivity index (χ2n) is 7.01. The minimum atomic E-state index is -3.67. The van der Waals surface area contributed by atoms with Crippen molar-refractivity contribution >= 4 is 15.8 Å². The molecule has 9 heteroatoms. The standard InChI is InChI=1S/C20H25N5O3S/c1-3-28-18-5-4-15(2)12-19(18)29(26,27)24-14-16-6-10-25(11-7-16)20-17(13-21)22-8-9-23-20/h4-5,8-9,12,16,24H,3,6-7,10-11,14H2,1-2H3. The highest BCUT2D eigenvalue weighted by atomic mass is 32.2. The van der Waals surface area contributed by atoms with Gasteiger partial charge in [0.2, 0.25) is 10.0 Å². The lowest BCUT2D eigenvalue weighted by Gasteiger charge is -2.32. The van der Waals surface area contributed by atoms with Gasteiger partial charge in [0.1, 0.15) is 16.7 Å². The van der Waals surface area contributed by atoms with Crippen molar-refractivity contribution < 1.29 is 13.2 Å². The molecule has 29 heavy (non-hydrogen) atoms. The molecule has 8 nitrogen and oxygen atoms in total. The number of nitrogens with one attached hydrogen (secondary N) is 1. The number of aryl methyl sites for hydroxylation is 1. The number of hydrogen-bond acceptors (Lipinski definition) is 7. The maximum atomic E-state index is 12.8. The Bertz CT molecular complexity index is 995. The van der Waals surface area contributed by atoms with Gasteiger partial charge in [-0.25, -0.2) is 23.1 Å². The molecule has 1 aromatic carbocycles. The molecule has 0 amide bonds. The maximum absolute atomic E-state index is 12.8. The van der Waals surface area contributed by atoms with Crippen LogP contribution in [0.1, 0.15) is 31.0 Å². The normalized spacial score (nSPS) is 15.1. The zero-order valence-corrected chi connectivity index (χ0v) is 17.4. The Labute approximate surface area is 171 Å². The summed E-state index contributed by atoms with van der Waals surface area (Å²) in [5.74, 6) is 1.17. The predicted molar refractivity (Wildman–Crippen MR) is 109 cm³/mol. The van der Waals surface area contributed by atoms with Gasteiger partial charge in [-0.15, -0.1) is 0 Å². The van der Waals surface area contributed by atoms with Crippen molar-refractivity contribution in [3.63, 3.8) is 0 Å². The van der Waals surface area contributed by atoms with E-state index in [0.29, 0.717) is 43.5 Å². The van der Waals surface area contributed by atoms with Crippen LogP contribution in [0.15, 0.2) is 35.5 Å². The molecule has 0 unspecified atom stereocenters. The van der Waals surface area contributed by atoms with E-state index in [0.717, 1.165) is 18.4 Å². The van der Waals surface area contributed by atoms with E-state index >= 15 is 0 Å². The first-order valence-corrected chi connectivity index (χ1v) is 11.1. The number of aromatic nitrogens is 2. The van der Waals surface area contributed by atoms with E-state index < -0.39 is 10.0 Å². The van der Waals surface area contributed by atoms with Crippen LogP contribution in [0.4, 0.5) is 5.82 Å². The molecule has 0 saturated carbocycles. The lowest BCUT2D eigenvalue weighted by atomic mass is 9.97. The molecule has 0 atom stereocenters. The number of rotatable bonds is 7. The molecular weight excluding hydrogens is 390 g/mol. The predicted octanol–water partition coefficient (Wildman–Crippen LogP) is 2.25. The number of benzene rings is 1. The second-order valence-corrected chi connectivity index (χ2v) is 8.74. The first-order chi connectivity index (χ1) is 13.9. The average Bonchev–Trinajstić information content (AvgIpc) is 2.74. The van der Waals surface area contributed by atoms with Crippen molar-refractivity contribution in [2.45, 2.75) is 31.6 Å². The zero-order chi connectivity index (χ0) is 20.9. The number of hydrogen-bond donors (Lipinski definition) is 1. The Balaban J connectivity index is 1.62. The van der Waals surface area contributed by atoms with Crippen molar-refractivity contribution in [3.05, 3.63) is 41.9 Å². The van der Waals surface area contributed by atoms with Gasteiger partial charge in [-0.05, 0) is 50.3 Å². The average molecular weight is 416 g/mol. The molecule has 3 rings (SSSR count). The fraction of sp³-hybridized carbons (Fsp3) is 0.450. The van der Waals surface area contributed by atoms with Gasteiger partial charge < -0.3 is 9.64 Å². The van der Waals surface area contributed by atoms with Crippen LogP contribution in [0.5, 0.6) is 5.75 Å². The van der Waals surface area contributed by atoms with Gasteiger partial charge >= 0.3 is 0 Å². The molecule has 1 saturated heterocycles. The Morgan fingerprint density at radius 3 is 2.69 bits per heavy atom. The van der Waals surface area contributed by atoms with Crippen LogP contribution in [0.3, 0.4) is 0 Å². The number of nitriles is 1. The summed E-state index contributed by atoms with van der Waals surface area (Å²) in [7, 11) is -3.67. The molecule has 1 fully saturated rings. The summed E-state index contributed by atoms with van der Waals surface area (Å²) in [6, 6.07) is 7.23.